The summed E-state index contributed by atoms with van der Waals surface area (Å²) in [6.45, 7) is 6.04. The van der Waals surface area contributed by atoms with E-state index in [1.807, 2.05) is 20.8 Å². The van der Waals surface area contributed by atoms with Gasteiger partial charge >= 0.3 is 0 Å². The average molecular weight is 184 g/mol. The first-order chi connectivity index (χ1) is 5.98. The lowest BCUT2D eigenvalue weighted by molar-refractivity contribution is 0.0486. The Labute approximate surface area is 78.0 Å². The Bertz CT molecular complexity index is 281. The summed E-state index contributed by atoms with van der Waals surface area (Å²) in [5.41, 5.74) is 5.26. The molecule has 1 atom stereocenters. The van der Waals surface area contributed by atoms with E-state index in [9.17, 15) is 0 Å². The van der Waals surface area contributed by atoms with E-state index in [1.165, 1.54) is 0 Å². The van der Waals surface area contributed by atoms with E-state index in [-0.39, 0.29) is 11.5 Å². The molecule has 1 aromatic heterocycles. The van der Waals surface area contributed by atoms with Crippen molar-refractivity contribution in [2.24, 2.45) is 0 Å². The molecular formula is C9H16N2O2. The third-order valence-corrected chi connectivity index (χ3v) is 2.53. The molecule has 0 fully saturated rings. The van der Waals surface area contributed by atoms with Gasteiger partial charge in [0.1, 0.15) is 5.76 Å². The van der Waals surface area contributed by atoms with Crippen molar-refractivity contribution in [3.8, 4) is 0 Å². The van der Waals surface area contributed by atoms with Gasteiger partial charge in [0.25, 0.3) is 0 Å². The molecule has 1 heterocycles. The van der Waals surface area contributed by atoms with Gasteiger partial charge < -0.3 is 15.0 Å². The summed E-state index contributed by atoms with van der Waals surface area (Å²) < 4.78 is 10.3. The Balaban J connectivity index is 2.92. The number of aromatic nitrogens is 1. The van der Waals surface area contributed by atoms with Crippen LogP contribution < -0.4 is 5.73 Å². The van der Waals surface area contributed by atoms with Gasteiger partial charge in [0.2, 0.25) is 0 Å². The Kier molecular flexibility index (Phi) is 2.61. The first kappa shape index (κ1) is 10.1. The molecule has 13 heavy (non-hydrogen) atoms. The molecule has 0 saturated heterocycles. The van der Waals surface area contributed by atoms with Crippen LogP contribution in [-0.4, -0.2) is 18.4 Å². The second-order valence-corrected chi connectivity index (χ2v) is 3.72. The number of ether oxygens (including phenoxy) is 1. The average Bonchev–Trinajstić information content (AvgIpc) is 2.50. The minimum atomic E-state index is -0.209. The van der Waals surface area contributed by atoms with Gasteiger partial charge in [-0.05, 0) is 6.92 Å². The second kappa shape index (κ2) is 3.38. The molecule has 0 aliphatic carbocycles. The van der Waals surface area contributed by atoms with Gasteiger partial charge in [-0.25, -0.2) is 0 Å². The summed E-state index contributed by atoms with van der Waals surface area (Å²) in [5.74, 6) is 1.16. The standard InChI is InChI=1S/C9H16N2O2/c1-6(12-4)9(2,3)7-5-8(10)11-13-7/h5-6H,1-4H3,(H2,10,11)/t6-/m0/s1. The summed E-state index contributed by atoms with van der Waals surface area (Å²) >= 11 is 0. The molecule has 0 saturated carbocycles. The zero-order valence-electron chi connectivity index (χ0n) is 8.50. The summed E-state index contributed by atoms with van der Waals surface area (Å²) in [6.07, 6.45) is 0.0554. The number of nitrogens with two attached hydrogens (primary N) is 1. The first-order valence-corrected chi connectivity index (χ1v) is 4.24. The van der Waals surface area contributed by atoms with Crippen molar-refractivity contribution in [2.75, 3.05) is 12.8 Å². The normalized spacial score (nSPS) is 14.5. The van der Waals surface area contributed by atoms with Crippen molar-refractivity contribution in [2.45, 2.75) is 32.3 Å². The van der Waals surface area contributed by atoms with E-state index in [0.717, 1.165) is 5.76 Å². The quantitative estimate of drug-likeness (QED) is 0.774. The molecule has 0 aliphatic heterocycles. The fourth-order valence-corrected chi connectivity index (χ4v) is 1.09. The maximum Gasteiger partial charge on any atom is 0.167 e. The fourth-order valence-electron chi connectivity index (χ4n) is 1.09. The summed E-state index contributed by atoms with van der Waals surface area (Å²) in [6, 6.07) is 1.73. The molecule has 4 nitrogen and oxygen atoms in total. The second-order valence-electron chi connectivity index (χ2n) is 3.72. The lowest BCUT2D eigenvalue weighted by Gasteiger charge is -2.27. The van der Waals surface area contributed by atoms with E-state index in [4.69, 9.17) is 15.0 Å². The molecule has 0 aromatic carbocycles. The minimum absolute atomic E-state index is 0.0554. The molecule has 1 aromatic rings. The number of anilines is 1. The van der Waals surface area contributed by atoms with E-state index in [1.54, 1.807) is 13.2 Å². The third-order valence-electron chi connectivity index (χ3n) is 2.53. The van der Waals surface area contributed by atoms with Crippen LogP contribution in [0.5, 0.6) is 0 Å². The van der Waals surface area contributed by atoms with E-state index >= 15 is 0 Å². The van der Waals surface area contributed by atoms with Gasteiger partial charge in [0.05, 0.1) is 11.5 Å². The van der Waals surface area contributed by atoms with Crippen molar-refractivity contribution in [3.63, 3.8) is 0 Å². The molecule has 0 unspecified atom stereocenters. The van der Waals surface area contributed by atoms with Crippen molar-refractivity contribution in [1.82, 2.24) is 5.16 Å². The number of nitrogens with zero attached hydrogens (tertiary/aromatic N) is 1. The lowest BCUT2D eigenvalue weighted by atomic mass is 9.85. The zero-order chi connectivity index (χ0) is 10.1. The Morgan fingerprint density at radius 1 is 1.62 bits per heavy atom. The SMILES string of the molecule is CO[C@@H](C)C(C)(C)c1cc(N)no1. The van der Waals surface area contributed by atoms with Crippen molar-refractivity contribution < 1.29 is 9.26 Å². The molecule has 1 rings (SSSR count). The van der Waals surface area contributed by atoms with Crippen LogP contribution in [-0.2, 0) is 10.2 Å². The number of hydrogen-bond donors (Lipinski definition) is 1. The van der Waals surface area contributed by atoms with Crippen LogP contribution >= 0.6 is 0 Å². The van der Waals surface area contributed by atoms with E-state index in [0.29, 0.717) is 5.82 Å². The largest absolute Gasteiger partial charge is 0.381 e. The molecule has 0 radical (unpaired) electrons. The van der Waals surface area contributed by atoms with E-state index in [2.05, 4.69) is 5.16 Å². The van der Waals surface area contributed by atoms with Crippen LogP contribution in [0.3, 0.4) is 0 Å². The molecule has 74 valence electrons. The highest BCUT2D eigenvalue weighted by Gasteiger charge is 2.32. The summed E-state index contributed by atoms with van der Waals surface area (Å²) in [5, 5.41) is 3.65. The van der Waals surface area contributed by atoms with Crippen LogP contribution in [0.4, 0.5) is 5.82 Å². The van der Waals surface area contributed by atoms with Gasteiger partial charge in [-0.15, -0.1) is 0 Å². The smallest absolute Gasteiger partial charge is 0.167 e. The number of methoxy groups -OCH3 is 1. The van der Waals surface area contributed by atoms with Crippen LogP contribution in [0.1, 0.15) is 26.5 Å². The Morgan fingerprint density at radius 3 is 2.62 bits per heavy atom. The number of nitrogen functional groups attached to an aromatic ring is 1. The highest BCUT2D eigenvalue weighted by molar-refractivity contribution is 5.30. The van der Waals surface area contributed by atoms with E-state index < -0.39 is 0 Å². The Morgan fingerprint density at radius 2 is 2.23 bits per heavy atom. The topological polar surface area (TPSA) is 61.3 Å². The number of rotatable bonds is 3. The zero-order valence-corrected chi connectivity index (χ0v) is 8.50. The van der Waals surface area contributed by atoms with Gasteiger partial charge in [-0.2, -0.15) is 0 Å². The number of hydrogen-bond acceptors (Lipinski definition) is 4. The highest BCUT2D eigenvalue weighted by Crippen LogP contribution is 2.29. The van der Waals surface area contributed by atoms with Gasteiger partial charge in [0, 0.05) is 13.2 Å². The summed E-state index contributed by atoms with van der Waals surface area (Å²) in [4.78, 5) is 0. The fraction of sp³-hybridized carbons (Fsp3) is 0.667. The molecular weight excluding hydrogens is 168 g/mol. The summed E-state index contributed by atoms with van der Waals surface area (Å²) in [7, 11) is 1.67. The minimum Gasteiger partial charge on any atom is -0.381 e. The van der Waals surface area contributed by atoms with Crippen molar-refractivity contribution >= 4 is 5.82 Å². The van der Waals surface area contributed by atoms with Crippen LogP contribution in [0.25, 0.3) is 0 Å². The van der Waals surface area contributed by atoms with Crippen molar-refractivity contribution in [3.05, 3.63) is 11.8 Å². The van der Waals surface area contributed by atoms with Crippen LogP contribution in [0, 0.1) is 0 Å². The Hall–Kier alpha value is -1.03. The predicted molar refractivity (Wildman–Crippen MR) is 50.4 cm³/mol. The highest BCUT2D eigenvalue weighted by atomic mass is 16.5. The van der Waals surface area contributed by atoms with Crippen LogP contribution in [0.2, 0.25) is 0 Å². The van der Waals surface area contributed by atoms with Gasteiger partial charge in [0.15, 0.2) is 5.82 Å². The molecule has 4 heteroatoms. The van der Waals surface area contributed by atoms with Gasteiger partial charge in [-0.1, -0.05) is 19.0 Å². The van der Waals surface area contributed by atoms with Crippen molar-refractivity contribution in [1.29, 1.82) is 0 Å². The molecule has 0 bridgehead atoms. The predicted octanol–water partition coefficient (Wildman–Crippen LogP) is 1.57. The maximum atomic E-state index is 5.47. The van der Waals surface area contributed by atoms with Gasteiger partial charge in [-0.3, -0.25) is 0 Å². The first-order valence-electron chi connectivity index (χ1n) is 4.24. The molecule has 0 aliphatic rings. The van der Waals surface area contributed by atoms with Crippen LogP contribution in [0.15, 0.2) is 10.6 Å². The molecule has 2 N–H and O–H groups in total. The third kappa shape index (κ3) is 1.83. The molecule has 0 amide bonds. The molecule has 0 spiro atoms. The monoisotopic (exact) mass is 184 g/mol. The maximum absolute atomic E-state index is 5.47. The lowest BCUT2D eigenvalue weighted by Crippen LogP contribution is -2.32.